The average Bonchev–Trinajstić information content (AvgIpc) is 3.24. The van der Waals surface area contributed by atoms with Crippen LogP contribution >= 0.6 is 0 Å². The highest BCUT2D eigenvalue weighted by atomic mass is 16.5. The molecule has 0 spiro atoms. The van der Waals surface area contributed by atoms with E-state index >= 15 is 0 Å². The zero-order valence-corrected chi connectivity index (χ0v) is 14.7. The van der Waals surface area contributed by atoms with Crippen LogP contribution in [-0.2, 0) is 16.8 Å². The Bertz CT molecular complexity index is 777. The molecule has 134 valence electrons. The molecule has 0 fully saturated rings. The van der Waals surface area contributed by atoms with Gasteiger partial charge in [0.1, 0.15) is 22.7 Å². The predicted octanol–water partition coefficient (Wildman–Crippen LogP) is 4.60. The van der Waals surface area contributed by atoms with Crippen molar-refractivity contribution in [2.45, 2.75) is 57.5 Å². The number of aromatic hydroxyl groups is 1. The van der Waals surface area contributed by atoms with Crippen molar-refractivity contribution in [1.82, 2.24) is 0 Å². The van der Waals surface area contributed by atoms with E-state index in [1.54, 1.807) is 24.9 Å². The van der Waals surface area contributed by atoms with Gasteiger partial charge in [-0.3, -0.25) is 0 Å². The van der Waals surface area contributed by atoms with Crippen molar-refractivity contribution in [3.05, 3.63) is 64.3 Å². The van der Waals surface area contributed by atoms with Gasteiger partial charge in [0.2, 0.25) is 0 Å². The van der Waals surface area contributed by atoms with Gasteiger partial charge in [0.25, 0.3) is 0 Å². The summed E-state index contributed by atoms with van der Waals surface area (Å²) < 4.78 is 16.5. The van der Waals surface area contributed by atoms with Gasteiger partial charge in [-0.1, -0.05) is 20.3 Å². The number of ether oxygens (including phenoxy) is 1. The third-order valence-electron chi connectivity index (χ3n) is 4.85. The topological polar surface area (TPSA) is 72.8 Å². The lowest BCUT2D eigenvalue weighted by Gasteiger charge is -2.28. The Morgan fingerprint density at radius 2 is 2.20 bits per heavy atom. The maximum absolute atomic E-state index is 12.7. The van der Waals surface area contributed by atoms with Gasteiger partial charge >= 0.3 is 5.63 Å². The van der Waals surface area contributed by atoms with Crippen molar-refractivity contribution in [1.29, 1.82) is 0 Å². The Kier molecular flexibility index (Phi) is 5.02. The summed E-state index contributed by atoms with van der Waals surface area (Å²) in [6.07, 6.45) is 10.3. The molecule has 2 aromatic rings. The molecule has 0 bridgehead atoms. The van der Waals surface area contributed by atoms with Crippen LogP contribution in [0.1, 0.15) is 62.3 Å². The number of furan rings is 1. The molecule has 3 rings (SSSR count). The summed E-state index contributed by atoms with van der Waals surface area (Å²) in [5.74, 6) is 0.441. The Labute approximate surface area is 146 Å². The minimum atomic E-state index is -0.815. The summed E-state index contributed by atoms with van der Waals surface area (Å²) in [4.78, 5) is 12.7. The fourth-order valence-electron chi connectivity index (χ4n) is 3.57. The Balaban J connectivity index is 1.95. The van der Waals surface area contributed by atoms with Crippen LogP contribution in [0, 0.1) is 0 Å². The number of hydrogen-bond acceptors (Lipinski definition) is 5. The van der Waals surface area contributed by atoms with E-state index < -0.39 is 11.2 Å². The molecule has 2 aromatic heterocycles. The average molecular weight is 344 g/mol. The van der Waals surface area contributed by atoms with Crippen LogP contribution in [0.15, 0.2) is 50.6 Å². The molecule has 5 heteroatoms. The van der Waals surface area contributed by atoms with Crippen molar-refractivity contribution in [2.75, 3.05) is 0 Å². The molecule has 0 aromatic carbocycles. The van der Waals surface area contributed by atoms with Crippen LogP contribution in [0.2, 0.25) is 0 Å². The summed E-state index contributed by atoms with van der Waals surface area (Å²) in [6, 6.07) is 3.47. The van der Waals surface area contributed by atoms with Crippen molar-refractivity contribution in [2.24, 2.45) is 0 Å². The van der Waals surface area contributed by atoms with Crippen LogP contribution in [0.25, 0.3) is 0 Å². The normalized spacial score (nSPS) is 20.6. The quantitative estimate of drug-likeness (QED) is 0.794. The van der Waals surface area contributed by atoms with E-state index in [9.17, 15) is 9.90 Å². The first-order valence-corrected chi connectivity index (χ1v) is 8.81. The highest BCUT2D eigenvalue weighted by Crippen LogP contribution is 2.42. The Hall–Kier alpha value is -2.43. The standard InChI is InChI=1S/C20H24O5/c1-3-7-20(8-5-9-24-20)18-16(21)12-17(25-19(18)22)15(4-2)11-14-6-10-23-13-14/h5-6,9-10,12-13,15,21H,3-4,7-8,11H2,1-2H3. The molecule has 0 saturated heterocycles. The number of hydrogen-bond donors (Lipinski definition) is 1. The van der Waals surface area contributed by atoms with Gasteiger partial charge in [-0.15, -0.1) is 0 Å². The second-order valence-corrected chi connectivity index (χ2v) is 6.58. The zero-order chi connectivity index (χ0) is 17.9. The fraction of sp³-hybridized carbons (Fsp3) is 0.450. The molecule has 0 radical (unpaired) electrons. The highest BCUT2D eigenvalue weighted by molar-refractivity contribution is 5.37. The fourth-order valence-corrected chi connectivity index (χ4v) is 3.57. The van der Waals surface area contributed by atoms with Crippen LogP contribution in [0.3, 0.4) is 0 Å². The smallest absolute Gasteiger partial charge is 0.347 e. The van der Waals surface area contributed by atoms with Crippen LogP contribution < -0.4 is 5.63 Å². The van der Waals surface area contributed by atoms with Crippen molar-refractivity contribution in [3.63, 3.8) is 0 Å². The van der Waals surface area contributed by atoms with Crippen LogP contribution in [0.5, 0.6) is 5.75 Å². The molecule has 0 amide bonds. The van der Waals surface area contributed by atoms with E-state index in [0.29, 0.717) is 25.0 Å². The third kappa shape index (κ3) is 3.36. The van der Waals surface area contributed by atoms with Crippen LogP contribution in [0.4, 0.5) is 0 Å². The third-order valence-corrected chi connectivity index (χ3v) is 4.85. The predicted molar refractivity (Wildman–Crippen MR) is 93.5 cm³/mol. The van der Waals surface area contributed by atoms with Gasteiger partial charge in [-0.2, -0.15) is 0 Å². The minimum Gasteiger partial charge on any atom is -0.507 e. The van der Waals surface area contributed by atoms with Crippen molar-refractivity contribution in [3.8, 4) is 5.75 Å². The largest absolute Gasteiger partial charge is 0.507 e. The SMILES string of the molecule is CCCC1(c2c(O)cc(C(CC)Cc3ccoc3)oc2=O)CC=CO1. The lowest BCUT2D eigenvalue weighted by Crippen LogP contribution is -2.31. The molecule has 1 aliphatic heterocycles. The molecular weight excluding hydrogens is 320 g/mol. The first kappa shape index (κ1) is 17.4. The van der Waals surface area contributed by atoms with E-state index in [1.807, 2.05) is 26.0 Å². The van der Waals surface area contributed by atoms with Gasteiger partial charge in [0.05, 0.1) is 18.8 Å². The minimum absolute atomic E-state index is 0.00463. The number of rotatable bonds is 7. The molecule has 1 N–H and O–H groups in total. The van der Waals surface area contributed by atoms with Gasteiger partial charge < -0.3 is 18.7 Å². The lowest BCUT2D eigenvalue weighted by atomic mass is 9.86. The molecule has 3 heterocycles. The molecule has 0 aliphatic carbocycles. The summed E-state index contributed by atoms with van der Waals surface area (Å²) >= 11 is 0. The van der Waals surface area contributed by atoms with Crippen molar-refractivity contribution >= 4 is 0 Å². The maximum Gasteiger partial charge on any atom is 0.347 e. The van der Waals surface area contributed by atoms with E-state index in [4.69, 9.17) is 13.6 Å². The van der Waals surface area contributed by atoms with Gasteiger partial charge in [-0.05, 0) is 37.0 Å². The zero-order valence-electron chi connectivity index (χ0n) is 14.7. The van der Waals surface area contributed by atoms with Gasteiger partial charge in [0, 0.05) is 18.4 Å². The molecule has 0 saturated carbocycles. The molecule has 2 atom stereocenters. The summed E-state index contributed by atoms with van der Waals surface area (Å²) in [5, 5.41) is 10.6. The summed E-state index contributed by atoms with van der Waals surface area (Å²) in [6.45, 7) is 4.05. The van der Waals surface area contributed by atoms with E-state index in [0.717, 1.165) is 18.4 Å². The second kappa shape index (κ2) is 7.21. The Morgan fingerprint density at radius 3 is 2.76 bits per heavy atom. The monoisotopic (exact) mass is 344 g/mol. The Morgan fingerprint density at radius 1 is 1.36 bits per heavy atom. The van der Waals surface area contributed by atoms with E-state index in [-0.39, 0.29) is 17.2 Å². The summed E-state index contributed by atoms with van der Waals surface area (Å²) in [5.41, 5.74) is -0.0765. The molecule has 2 unspecified atom stereocenters. The molecule has 25 heavy (non-hydrogen) atoms. The van der Waals surface area contributed by atoms with E-state index in [1.165, 1.54) is 0 Å². The maximum atomic E-state index is 12.7. The van der Waals surface area contributed by atoms with Crippen LogP contribution in [-0.4, -0.2) is 5.11 Å². The molecule has 1 aliphatic rings. The first-order valence-electron chi connectivity index (χ1n) is 8.81. The van der Waals surface area contributed by atoms with E-state index in [2.05, 4.69) is 0 Å². The van der Waals surface area contributed by atoms with Gasteiger partial charge in [0.15, 0.2) is 0 Å². The summed E-state index contributed by atoms with van der Waals surface area (Å²) in [7, 11) is 0. The molecular formula is C20H24O5. The lowest BCUT2D eigenvalue weighted by molar-refractivity contribution is 0.0256. The van der Waals surface area contributed by atoms with Gasteiger partial charge in [-0.25, -0.2) is 4.79 Å². The van der Waals surface area contributed by atoms with Crippen molar-refractivity contribution < 1.29 is 18.7 Å². The molecule has 5 nitrogen and oxygen atoms in total. The second-order valence-electron chi connectivity index (χ2n) is 6.58. The first-order chi connectivity index (χ1) is 12.1. The highest BCUT2D eigenvalue weighted by Gasteiger charge is 2.40.